The molecule has 2 aromatic rings. The van der Waals surface area contributed by atoms with Crippen molar-refractivity contribution >= 4 is 22.6 Å². The van der Waals surface area contributed by atoms with Crippen LogP contribution in [0.3, 0.4) is 0 Å². The van der Waals surface area contributed by atoms with Crippen LogP contribution in [0.15, 0.2) is 30.5 Å². The van der Waals surface area contributed by atoms with E-state index >= 15 is 0 Å². The second kappa shape index (κ2) is 7.52. The third-order valence-electron chi connectivity index (χ3n) is 7.25. The summed E-state index contributed by atoms with van der Waals surface area (Å²) in [6.07, 6.45) is 1.62. The Bertz CT molecular complexity index is 1110. The van der Waals surface area contributed by atoms with Crippen LogP contribution in [0.4, 0.5) is 0 Å². The van der Waals surface area contributed by atoms with E-state index in [1.165, 1.54) is 0 Å². The maximum Gasteiger partial charge on any atom is 0.244 e. The zero-order valence-electron chi connectivity index (χ0n) is 19.2. The molecule has 2 unspecified atom stereocenters. The molecule has 1 aromatic carbocycles. The SMILES string of the molecule is CC(C)(C)C(N)C(=O)N1C[C@H]2[C@@H]([C@H]1C(=O)NC(C#N)c1nncc3ccccc13)C2(C)C. The van der Waals surface area contributed by atoms with E-state index in [4.69, 9.17) is 5.73 Å². The number of nitrogens with zero attached hydrogens (tertiary/aromatic N) is 4. The average Bonchev–Trinajstić information content (AvgIpc) is 3.10. The molecule has 168 valence electrons. The number of hydrogen-bond acceptors (Lipinski definition) is 6. The second-order valence-corrected chi connectivity index (χ2v) is 10.6. The van der Waals surface area contributed by atoms with Crippen LogP contribution in [-0.2, 0) is 9.59 Å². The Hall–Kier alpha value is -3.05. The molecule has 32 heavy (non-hydrogen) atoms. The van der Waals surface area contributed by atoms with E-state index in [0.717, 1.165) is 10.8 Å². The summed E-state index contributed by atoms with van der Waals surface area (Å²) in [6, 6.07) is 7.26. The Morgan fingerprint density at radius 2 is 2.00 bits per heavy atom. The van der Waals surface area contributed by atoms with Gasteiger partial charge in [0.05, 0.1) is 18.3 Å². The largest absolute Gasteiger partial charge is 0.333 e. The maximum absolute atomic E-state index is 13.5. The smallest absolute Gasteiger partial charge is 0.244 e. The van der Waals surface area contributed by atoms with Gasteiger partial charge in [0.25, 0.3) is 0 Å². The van der Waals surface area contributed by atoms with Gasteiger partial charge in [0.2, 0.25) is 11.8 Å². The van der Waals surface area contributed by atoms with Crippen LogP contribution in [0.5, 0.6) is 0 Å². The fourth-order valence-electron chi connectivity index (χ4n) is 5.01. The van der Waals surface area contributed by atoms with Crippen molar-refractivity contribution < 1.29 is 9.59 Å². The van der Waals surface area contributed by atoms with E-state index in [0.29, 0.717) is 12.2 Å². The van der Waals surface area contributed by atoms with E-state index in [-0.39, 0.29) is 29.1 Å². The molecule has 1 aliphatic heterocycles. The monoisotopic (exact) mass is 434 g/mol. The summed E-state index contributed by atoms with van der Waals surface area (Å²) < 4.78 is 0. The van der Waals surface area contributed by atoms with E-state index in [2.05, 4.69) is 35.4 Å². The molecule has 1 saturated heterocycles. The molecule has 2 fully saturated rings. The van der Waals surface area contributed by atoms with Gasteiger partial charge in [-0.2, -0.15) is 15.5 Å². The number of amides is 2. The first-order chi connectivity index (χ1) is 15.0. The molecular formula is C24H30N6O2. The van der Waals surface area contributed by atoms with Crippen LogP contribution in [0.1, 0.15) is 46.4 Å². The van der Waals surface area contributed by atoms with Crippen molar-refractivity contribution in [2.45, 2.75) is 52.7 Å². The molecule has 2 heterocycles. The predicted octanol–water partition coefficient (Wildman–Crippen LogP) is 2.17. The molecule has 8 heteroatoms. The minimum absolute atomic E-state index is 0.0357. The van der Waals surface area contributed by atoms with E-state index < -0.39 is 23.5 Å². The number of aromatic nitrogens is 2. The van der Waals surface area contributed by atoms with Crippen LogP contribution in [0.25, 0.3) is 10.8 Å². The van der Waals surface area contributed by atoms with E-state index in [9.17, 15) is 14.9 Å². The van der Waals surface area contributed by atoms with Gasteiger partial charge in [-0.15, -0.1) is 0 Å². The van der Waals surface area contributed by atoms with Crippen LogP contribution in [0.2, 0.25) is 0 Å². The number of likely N-dealkylation sites (tertiary alicyclic amines) is 1. The Labute approximate surface area is 188 Å². The second-order valence-electron chi connectivity index (χ2n) is 10.6. The van der Waals surface area contributed by atoms with Crippen LogP contribution < -0.4 is 11.1 Å². The first kappa shape index (κ1) is 22.2. The number of nitriles is 1. The fraction of sp³-hybridized carbons (Fsp3) is 0.542. The zero-order chi connectivity index (χ0) is 23.4. The Morgan fingerprint density at radius 3 is 2.66 bits per heavy atom. The van der Waals surface area contributed by atoms with Gasteiger partial charge in [0, 0.05) is 17.3 Å². The van der Waals surface area contributed by atoms with Crippen molar-refractivity contribution in [3.63, 3.8) is 0 Å². The molecule has 5 atom stereocenters. The zero-order valence-corrected chi connectivity index (χ0v) is 19.2. The molecule has 3 N–H and O–H groups in total. The van der Waals surface area contributed by atoms with Crippen molar-refractivity contribution in [1.82, 2.24) is 20.4 Å². The number of fused-ring (bicyclic) bond motifs is 2. The molecular weight excluding hydrogens is 404 g/mol. The lowest BCUT2D eigenvalue weighted by atomic mass is 9.86. The molecule has 1 saturated carbocycles. The first-order valence-electron chi connectivity index (χ1n) is 10.9. The van der Waals surface area contributed by atoms with Crippen molar-refractivity contribution in [3.05, 3.63) is 36.2 Å². The molecule has 0 spiro atoms. The van der Waals surface area contributed by atoms with E-state index in [1.54, 1.807) is 11.1 Å². The number of nitrogens with one attached hydrogen (secondary N) is 1. The van der Waals surface area contributed by atoms with Gasteiger partial charge in [-0.3, -0.25) is 9.59 Å². The molecule has 2 amide bonds. The van der Waals surface area contributed by atoms with Gasteiger partial charge < -0.3 is 16.0 Å². The fourth-order valence-corrected chi connectivity index (χ4v) is 5.01. The molecule has 0 bridgehead atoms. The lowest BCUT2D eigenvalue weighted by Gasteiger charge is -2.35. The third-order valence-corrected chi connectivity index (χ3v) is 7.25. The molecule has 0 radical (unpaired) electrons. The molecule has 4 rings (SSSR count). The third kappa shape index (κ3) is 3.51. The summed E-state index contributed by atoms with van der Waals surface area (Å²) in [7, 11) is 0. The lowest BCUT2D eigenvalue weighted by molar-refractivity contribution is -0.143. The predicted molar refractivity (Wildman–Crippen MR) is 120 cm³/mol. The number of carbonyl (C=O) groups excluding carboxylic acids is 2. The number of hydrogen-bond donors (Lipinski definition) is 2. The van der Waals surface area contributed by atoms with Crippen molar-refractivity contribution in [3.8, 4) is 6.07 Å². The lowest BCUT2D eigenvalue weighted by Crippen LogP contribution is -2.57. The highest BCUT2D eigenvalue weighted by atomic mass is 16.2. The summed E-state index contributed by atoms with van der Waals surface area (Å²) in [6.45, 7) is 10.5. The maximum atomic E-state index is 13.5. The minimum Gasteiger partial charge on any atom is -0.333 e. The van der Waals surface area contributed by atoms with Gasteiger partial charge in [-0.25, -0.2) is 0 Å². The van der Waals surface area contributed by atoms with Crippen molar-refractivity contribution in [1.29, 1.82) is 5.26 Å². The Balaban J connectivity index is 1.62. The van der Waals surface area contributed by atoms with Gasteiger partial charge in [-0.05, 0) is 22.7 Å². The summed E-state index contributed by atoms with van der Waals surface area (Å²) in [5, 5.41) is 22.4. The summed E-state index contributed by atoms with van der Waals surface area (Å²) in [4.78, 5) is 28.3. The number of carbonyl (C=O) groups is 2. The van der Waals surface area contributed by atoms with Gasteiger partial charge in [0.1, 0.15) is 11.7 Å². The normalized spacial score (nSPS) is 25.5. The standard InChI is InChI=1S/C24H30N6O2/c1-23(2,3)20(26)22(32)30-12-15-17(24(15,4)5)19(30)21(31)28-16(10-25)18-14-9-7-6-8-13(14)11-27-29-18/h6-9,11,15-17,19-20H,12,26H2,1-5H3,(H,28,31)/t15-,16?,17-,19-,20?/m0/s1. The molecule has 2 aliphatic rings. The topological polar surface area (TPSA) is 125 Å². The number of nitrogens with two attached hydrogens (primary N) is 1. The Kier molecular flexibility index (Phi) is 5.21. The van der Waals surface area contributed by atoms with Crippen molar-refractivity contribution in [2.24, 2.45) is 28.4 Å². The van der Waals surface area contributed by atoms with Gasteiger partial charge in [-0.1, -0.05) is 58.9 Å². The number of piperidine rings is 1. The summed E-state index contributed by atoms with van der Waals surface area (Å²) >= 11 is 0. The minimum atomic E-state index is -0.977. The summed E-state index contributed by atoms with van der Waals surface area (Å²) in [5.74, 6) is -0.290. The summed E-state index contributed by atoms with van der Waals surface area (Å²) in [5.41, 5.74) is 6.19. The highest BCUT2D eigenvalue weighted by molar-refractivity contribution is 5.92. The quantitative estimate of drug-likeness (QED) is 0.760. The molecule has 8 nitrogen and oxygen atoms in total. The van der Waals surface area contributed by atoms with Crippen LogP contribution in [0, 0.1) is 34.0 Å². The molecule has 1 aromatic heterocycles. The highest BCUT2D eigenvalue weighted by Gasteiger charge is 2.69. The van der Waals surface area contributed by atoms with Crippen molar-refractivity contribution in [2.75, 3.05) is 6.54 Å². The number of benzene rings is 1. The van der Waals surface area contributed by atoms with Gasteiger partial charge in [0.15, 0.2) is 6.04 Å². The molecule has 1 aliphatic carbocycles. The average molecular weight is 435 g/mol. The van der Waals surface area contributed by atoms with E-state index in [1.807, 2.05) is 45.0 Å². The van der Waals surface area contributed by atoms with Gasteiger partial charge >= 0.3 is 0 Å². The number of rotatable bonds is 4. The highest BCUT2D eigenvalue weighted by Crippen LogP contribution is 2.65. The van der Waals surface area contributed by atoms with Crippen LogP contribution in [-0.4, -0.2) is 45.5 Å². The van der Waals surface area contributed by atoms with Crippen LogP contribution >= 0.6 is 0 Å². The Morgan fingerprint density at radius 1 is 1.31 bits per heavy atom. The first-order valence-corrected chi connectivity index (χ1v) is 10.9.